The number of hydrogen-bond acceptors (Lipinski definition) is 2. The second kappa shape index (κ2) is 3.52. The van der Waals surface area contributed by atoms with Gasteiger partial charge in [-0.05, 0) is 12.3 Å². The zero-order chi connectivity index (χ0) is 9.14. The van der Waals surface area contributed by atoms with E-state index in [1.807, 2.05) is 11.6 Å². The normalized spacial score (nSPS) is 10.7. The lowest BCUT2D eigenvalue weighted by Crippen LogP contribution is -2.03. The average Bonchev–Trinajstić information content (AvgIpc) is 2.32. The standard InChI is InChI=1S/C9H14N2O/c1-7(2)4-8-5-10-9(6-12)11(8)3/h5-7H,4H2,1-3H3. The number of nitrogens with zero attached hydrogens (tertiary/aromatic N) is 2. The highest BCUT2D eigenvalue weighted by atomic mass is 16.1. The second-order valence-corrected chi connectivity index (χ2v) is 3.38. The summed E-state index contributed by atoms with van der Waals surface area (Å²) in [6.07, 6.45) is 3.52. The van der Waals surface area contributed by atoms with Crippen molar-refractivity contribution in [3.05, 3.63) is 17.7 Å². The molecule has 0 bridgehead atoms. The van der Waals surface area contributed by atoms with E-state index in [0.29, 0.717) is 11.7 Å². The third-order valence-electron chi connectivity index (χ3n) is 1.84. The average molecular weight is 166 g/mol. The molecule has 3 heteroatoms. The van der Waals surface area contributed by atoms with Crippen LogP contribution in [0.1, 0.15) is 30.2 Å². The molecule has 0 amide bonds. The largest absolute Gasteiger partial charge is 0.329 e. The third kappa shape index (κ3) is 1.72. The Morgan fingerprint density at radius 1 is 1.67 bits per heavy atom. The lowest BCUT2D eigenvalue weighted by molar-refractivity contribution is 0.111. The van der Waals surface area contributed by atoms with Crippen molar-refractivity contribution < 1.29 is 4.79 Å². The van der Waals surface area contributed by atoms with Crippen LogP contribution in [0.4, 0.5) is 0 Å². The fourth-order valence-corrected chi connectivity index (χ4v) is 1.18. The molecule has 0 spiro atoms. The van der Waals surface area contributed by atoms with Crippen LogP contribution in [0.5, 0.6) is 0 Å². The summed E-state index contributed by atoms with van der Waals surface area (Å²) in [5.41, 5.74) is 1.12. The Bertz CT molecular complexity index is 276. The van der Waals surface area contributed by atoms with Gasteiger partial charge in [-0.15, -0.1) is 0 Å². The molecule has 1 aromatic rings. The first-order chi connectivity index (χ1) is 5.65. The van der Waals surface area contributed by atoms with E-state index in [1.54, 1.807) is 6.20 Å². The molecular weight excluding hydrogens is 152 g/mol. The molecule has 0 radical (unpaired) electrons. The summed E-state index contributed by atoms with van der Waals surface area (Å²) in [6.45, 7) is 4.29. The highest BCUT2D eigenvalue weighted by Crippen LogP contribution is 2.07. The zero-order valence-electron chi connectivity index (χ0n) is 7.74. The second-order valence-electron chi connectivity index (χ2n) is 3.38. The smallest absolute Gasteiger partial charge is 0.185 e. The van der Waals surface area contributed by atoms with Crippen LogP contribution in [0.2, 0.25) is 0 Å². The van der Waals surface area contributed by atoms with Crippen LogP contribution >= 0.6 is 0 Å². The molecule has 0 aliphatic rings. The van der Waals surface area contributed by atoms with E-state index in [2.05, 4.69) is 18.8 Å². The van der Waals surface area contributed by atoms with Crippen molar-refractivity contribution in [3.8, 4) is 0 Å². The van der Waals surface area contributed by atoms with Crippen molar-refractivity contribution >= 4 is 6.29 Å². The molecule has 0 saturated carbocycles. The number of aromatic nitrogens is 2. The van der Waals surface area contributed by atoms with E-state index in [1.165, 1.54) is 0 Å². The molecule has 0 aromatic carbocycles. The molecule has 1 heterocycles. The Balaban J connectivity index is 2.86. The van der Waals surface area contributed by atoms with Crippen LogP contribution in [0, 0.1) is 5.92 Å². The summed E-state index contributed by atoms with van der Waals surface area (Å²) in [5.74, 6) is 1.10. The number of carbonyl (C=O) groups excluding carboxylic acids is 1. The Kier molecular flexibility index (Phi) is 2.63. The molecule has 0 atom stereocenters. The van der Waals surface area contributed by atoms with Gasteiger partial charge in [0.2, 0.25) is 0 Å². The number of rotatable bonds is 3. The third-order valence-corrected chi connectivity index (χ3v) is 1.84. The fraction of sp³-hybridized carbons (Fsp3) is 0.556. The molecule has 0 aliphatic carbocycles. The zero-order valence-corrected chi connectivity index (χ0v) is 7.74. The van der Waals surface area contributed by atoms with Crippen LogP contribution in [0.15, 0.2) is 6.20 Å². The van der Waals surface area contributed by atoms with Crippen molar-refractivity contribution in [1.29, 1.82) is 0 Å². The quantitative estimate of drug-likeness (QED) is 0.637. The van der Waals surface area contributed by atoms with Crippen molar-refractivity contribution in [1.82, 2.24) is 9.55 Å². The van der Waals surface area contributed by atoms with Gasteiger partial charge in [-0.2, -0.15) is 0 Å². The molecule has 0 unspecified atom stereocenters. The van der Waals surface area contributed by atoms with Gasteiger partial charge in [0.1, 0.15) is 0 Å². The predicted molar refractivity (Wildman–Crippen MR) is 47.1 cm³/mol. The first kappa shape index (κ1) is 8.97. The molecule has 66 valence electrons. The van der Waals surface area contributed by atoms with E-state index in [4.69, 9.17) is 0 Å². The Labute approximate surface area is 72.4 Å². The number of imidazole rings is 1. The van der Waals surface area contributed by atoms with Crippen LogP contribution in [0.25, 0.3) is 0 Å². The van der Waals surface area contributed by atoms with Crippen LogP contribution in [-0.4, -0.2) is 15.8 Å². The first-order valence-corrected chi connectivity index (χ1v) is 4.11. The molecule has 12 heavy (non-hydrogen) atoms. The maximum Gasteiger partial charge on any atom is 0.185 e. The van der Waals surface area contributed by atoms with Crippen molar-refractivity contribution in [2.75, 3.05) is 0 Å². The van der Waals surface area contributed by atoms with Crippen LogP contribution < -0.4 is 0 Å². The number of aldehydes is 1. The number of hydrogen-bond donors (Lipinski definition) is 0. The van der Waals surface area contributed by atoms with Crippen LogP contribution in [0.3, 0.4) is 0 Å². The monoisotopic (exact) mass is 166 g/mol. The topological polar surface area (TPSA) is 34.9 Å². The summed E-state index contributed by atoms with van der Waals surface area (Å²) < 4.78 is 1.84. The Morgan fingerprint density at radius 3 is 2.75 bits per heavy atom. The molecule has 3 nitrogen and oxygen atoms in total. The van der Waals surface area contributed by atoms with Gasteiger partial charge >= 0.3 is 0 Å². The first-order valence-electron chi connectivity index (χ1n) is 4.11. The Morgan fingerprint density at radius 2 is 2.33 bits per heavy atom. The van der Waals surface area contributed by atoms with Gasteiger partial charge in [0.25, 0.3) is 0 Å². The van der Waals surface area contributed by atoms with Crippen molar-refractivity contribution in [2.45, 2.75) is 20.3 Å². The van der Waals surface area contributed by atoms with Gasteiger partial charge in [0.05, 0.1) is 0 Å². The highest BCUT2D eigenvalue weighted by Gasteiger charge is 2.06. The molecule has 1 rings (SSSR count). The van der Waals surface area contributed by atoms with Crippen LogP contribution in [-0.2, 0) is 13.5 Å². The SMILES string of the molecule is CC(C)Cc1cnc(C=O)n1C. The fourth-order valence-electron chi connectivity index (χ4n) is 1.18. The molecule has 0 N–H and O–H groups in total. The van der Waals surface area contributed by atoms with E-state index in [0.717, 1.165) is 18.4 Å². The van der Waals surface area contributed by atoms with Gasteiger partial charge in [-0.1, -0.05) is 13.8 Å². The number of carbonyl (C=O) groups is 1. The van der Waals surface area contributed by atoms with Crippen molar-refractivity contribution in [2.24, 2.45) is 13.0 Å². The van der Waals surface area contributed by atoms with E-state index < -0.39 is 0 Å². The Hall–Kier alpha value is -1.12. The lowest BCUT2D eigenvalue weighted by atomic mass is 10.1. The minimum atomic E-state index is 0.505. The lowest BCUT2D eigenvalue weighted by Gasteiger charge is -2.04. The maximum absolute atomic E-state index is 10.4. The minimum Gasteiger partial charge on any atom is -0.329 e. The maximum atomic E-state index is 10.4. The van der Waals surface area contributed by atoms with Crippen molar-refractivity contribution in [3.63, 3.8) is 0 Å². The molecule has 1 aromatic heterocycles. The van der Waals surface area contributed by atoms with Gasteiger partial charge in [-0.25, -0.2) is 4.98 Å². The molecule has 0 saturated heterocycles. The van der Waals surface area contributed by atoms with Gasteiger partial charge in [0, 0.05) is 18.9 Å². The highest BCUT2D eigenvalue weighted by molar-refractivity contribution is 5.69. The van der Waals surface area contributed by atoms with Gasteiger partial charge in [0.15, 0.2) is 12.1 Å². The van der Waals surface area contributed by atoms with Gasteiger partial charge in [-0.3, -0.25) is 4.79 Å². The molecule has 0 aliphatic heterocycles. The van der Waals surface area contributed by atoms with Gasteiger partial charge < -0.3 is 4.57 Å². The minimum absolute atomic E-state index is 0.505. The summed E-state index contributed by atoms with van der Waals surface area (Å²) in [6, 6.07) is 0. The predicted octanol–water partition coefficient (Wildman–Crippen LogP) is 1.43. The summed E-state index contributed by atoms with van der Waals surface area (Å²) in [7, 11) is 1.87. The molecular formula is C9H14N2O. The summed E-state index contributed by atoms with van der Waals surface area (Å²) in [4.78, 5) is 14.4. The molecule has 0 fully saturated rings. The summed E-state index contributed by atoms with van der Waals surface area (Å²) in [5, 5.41) is 0. The van der Waals surface area contributed by atoms with E-state index in [-0.39, 0.29) is 0 Å². The summed E-state index contributed by atoms with van der Waals surface area (Å²) >= 11 is 0. The van der Waals surface area contributed by atoms with E-state index in [9.17, 15) is 4.79 Å². The van der Waals surface area contributed by atoms with E-state index >= 15 is 0 Å².